The van der Waals surface area contributed by atoms with Crippen LogP contribution in [0.5, 0.6) is 0 Å². The number of aromatic amines is 1. The lowest BCUT2D eigenvalue weighted by molar-refractivity contribution is 0.630. The molecule has 0 fully saturated rings. The smallest absolute Gasteiger partial charge is 0.268 e. The van der Waals surface area contributed by atoms with Crippen molar-refractivity contribution in [2.75, 3.05) is 5.73 Å². The van der Waals surface area contributed by atoms with Gasteiger partial charge in [-0.2, -0.15) is 10.5 Å². The molecule has 3 rings (SSSR count). The first-order valence-electron chi connectivity index (χ1n) is 6.10. The summed E-state index contributed by atoms with van der Waals surface area (Å²) in [6.07, 6.45) is 0. The molecule has 3 N–H and O–H groups in total. The van der Waals surface area contributed by atoms with E-state index in [4.69, 9.17) is 5.73 Å². The first-order valence-corrected chi connectivity index (χ1v) is 6.98. The van der Waals surface area contributed by atoms with Crippen molar-refractivity contribution in [3.63, 3.8) is 0 Å². The Bertz CT molecular complexity index is 1050. The molecule has 0 radical (unpaired) electrons. The van der Waals surface area contributed by atoms with Crippen molar-refractivity contribution in [1.29, 1.82) is 10.5 Å². The van der Waals surface area contributed by atoms with Gasteiger partial charge in [-0.15, -0.1) is 11.3 Å². The van der Waals surface area contributed by atoms with Crippen LogP contribution in [-0.4, -0.2) is 4.98 Å². The maximum Gasteiger partial charge on any atom is 0.268 e. The molecule has 0 unspecified atom stereocenters. The molecule has 0 amide bonds. The van der Waals surface area contributed by atoms with Gasteiger partial charge in [-0.05, 0) is 29.0 Å². The quantitative estimate of drug-likeness (QED) is 0.720. The number of hydrogen-bond acceptors (Lipinski definition) is 5. The molecule has 0 aliphatic rings. The Morgan fingerprint density at radius 1 is 1.23 bits per heavy atom. The van der Waals surface area contributed by atoms with Gasteiger partial charge in [0.1, 0.15) is 34.9 Å². The van der Waals surface area contributed by atoms with Crippen LogP contribution >= 0.6 is 11.3 Å². The monoisotopic (exact) mass is 310 g/mol. The largest absolute Gasteiger partial charge is 0.384 e. The Labute approximate surface area is 127 Å². The van der Waals surface area contributed by atoms with E-state index >= 15 is 0 Å². The first kappa shape index (κ1) is 13.8. The lowest BCUT2D eigenvalue weighted by atomic mass is 9.95. The van der Waals surface area contributed by atoms with Crippen LogP contribution < -0.4 is 11.3 Å². The Balaban J connectivity index is 2.56. The number of rotatable bonds is 1. The van der Waals surface area contributed by atoms with Crippen molar-refractivity contribution in [3.05, 3.63) is 50.9 Å². The summed E-state index contributed by atoms with van der Waals surface area (Å²) < 4.78 is 14.5. The van der Waals surface area contributed by atoms with Gasteiger partial charge >= 0.3 is 0 Å². The minimum atomic E-state index is -0.706. The molecule has 106 valence electrons. The number of benzene rings is 1. The maximum absolute atomic E-state index is 13.9. The Hall–Kier alpha value is -3.16. The summed E-state index contributed by atoms with van der Waals surface area (Å²) in [4.78, 5) is 14.2. The molecule has 0 bridgehead atoms. The molecule has 0 saturated carbocycles. The van der Waals surface area contributed by atoms with Crippen LogP contribution in [0.3, 0.4) is 0 Å². The zero-order valence-electron chi connectivity index (χ0n) is 11.0. The van der Waals surface area contributed by atoms with E-state index in [9.17, 15) is 19.7 Å². The summed E-state index contributed by atoms with van der Waals surface area (Å²) in [6.45, 7) is 0. The molecular formula is C15H7FN4OS. The van der Waals surface area contributed by atoms with Gasteiger partial charge in [0, 0.05) is 15.8 Å². The SMILES string of the molecule is N#Cc1c(N)[nH]c(=O)c(C#N)c1-c1cc(F)cc2ccsc12. The molecule has 22 heavy (non-hydrogen) atoms. The Morgan fingerprint density at radius 2 is 1.95 bits per heavy atom. The van der Waals surface area contributed by atoms with Crippen molar-refractivity contribution in [2.45, 2.75) is 0 Å². The van der Waals surface area contributed by atoms with E-state index in [-0.39, 0.29) is 22.5 Å². The maximum atomic E-state index is 13.9. The summed E-state index contributed by atoms with van der Waals surface area (Å²) in [5.74, 6) is -0.664. The van der Waals surface area contributed by atoms with Gasteiger partial charge in [0.05, 0.1) is 0 Å². The molecule has 7 heteroatoms. The van der Waals surface area contributed by atoms with Crippen LogP contribution in [0.1, 0.15) is 11.1 Å². The predicted octanol–water partition coefficient (Wildman–Crippen LogP) is 2.72. The fourth-order valence-corrected chi connectivity index (χ4v) is 3.25. The molecular weight excluding hydrogens is 303 g/mol. The molecule has 2 aromatic heterocycles. The van der Waals surface area contributed by atoms with Crippen molar-refractivity contribution in [3.8, 4) is 23.3 Å². The fourth-order valence-electron chi connectivity index (χ4n) is 2.34. The second kappa shape index (κ2) is 4.99. The van der Waals surface area contributed by atoms with E-state index in [1.54, 1.807) is 17.5 Å². The van der Waals surface area contributed by atoms with Crippen LogP contribution in [0.15, 0.2) is 28.4 Å². The summed E-state index contributed by atoms with van der Waals surface area (Å²) >= 11 is 1.33. The molecule has 3 aromatic rings. The number of anilines is 1. The third kappa shape index (κ3) is 1.93. The van der Waals surface area contributed by atoms with Gasteiger partial charge < -0.3 is 10.7 Å². The number of pyridine rings is 1. The lowest BCUT2D eigenvalue weighted by Crippen LogP contribution is -2.16. The van der Waals surface area contributed by atoms with Crippen LogP contribution in [0.4, 0.5) is 10.2 Å². The lowest BCUT2D eigenvalue weighted by Gasteiger charge is -2.10. The van der Waals surface area contributed by atoms with Crippen LogP contribution in [0.25, 0.3) is 21.2 Å². The van der Waals surface area contributed by atoms with Crippen LogP contribution in [0, 0.1) is 28.5 Å². The second-order valence-corrected chi connectivity index (χ2v) is 5.42. The summed E-state index contributed by atoms with van der Waals surface area (Å²) in [6, 6.07) is 7.93. The highest BCUT2D eigenvalue weighted by atomic mass is 32.1. The third-order valence-electron chi connectivity index (χ3n) is 3.25. The molecule has 0 spiro atoms. The molecule has 0 aliphatic carbocycles. The number of H-pyrrole nitrogens is 1. The zero-order valence-corrected chi connectivity index (χ0v) is 11.8. The molecule has 0 saturated heterocycles. The molecule has 2 heterocycles. The van der Waals surface area contributed by atoms with E-state index in [0.717, 1.165) is 0 Å². The summed E-state index contributed by atoms with van der Waals surface area (Å²) in [5, 5.41) is 21.0. The number of nitrogens with zero attached hydrogens (tertiary/aromatic N) is 2. The molecule has 0 aliphatic heterocycles. The van der Waals surface area contributed by atoms with Crippen molar-refractivity contribution in [2.24, 2.45) is 0 Å². The average molecular weight is 310 g/mol. The van der Waals surface area contributed by atoms with Crippen LogP contribution in [0.2, 0.25) is 0 Å². The third-order valence-corrected chi connectivity index (χ3v) is 4.22. The molecule has 1 aromatic carbocycles. The van der Waals surface area contributed by atoms with Gasteiger partial charge in [-0.1, -0.05) is 0 Å². The topological polar surface area (TPSA) is 106 Å². The first-order chi connectivity index (χ1) is 10.6. The van der Waals surface area contributed by atoms with Crippen molar-refractivity contribution in [1.82, 2.24) is 4.98 Å². The van der Waals surface area contributed by atoms with Gasteiger partial charge in [0.25, 0.3) is 5.56 Å². The predicted molar refractivity (Wildman–Crippen MR) is 81.7 cm³/mol. The number of aromatic nitrogens is 1. The summed E-state index contributed by atoms with van der Waals surface area (Å²) in [5.41, 5.74) is 5.05. The minimum absolute atomic E-state index is 0.0450. The van der Waals surface area contributed by atoms with Gasteiger partial charge in [0.2, 0.25) is 0 Å². The fraction of sp³-hybridized carbons (Fsp3) is 0. The van der Waals surface area contributed by atoms with E-state index in [2.05, 4.69) is 4.98 Å². The number of nitrogens with one attached hydrogen (secondary N) is 1. The number of hydrogen-bond donors (Lipinski definition) is 2. The number of nitrogen functional groups attached to an aromatic ring is 1. The Kier molecular flexibility index (Phi) is 3.13. The standard InChI is InChI=1S/C15H7FN4OS/c16-8-3-7-1-2-22-13(7)9(4-8)12-10(5-17)14(19)20-15(21)11(12)6-18/h1-4H,(H3,19,20,21). The Morgan fingerprint density at radius 3 is 2.64 bits per heavy atom. The number of thiophene rings is 1. The highest BCUT2D eigenvalue weighted by molar-refractivity contribution is 7.17. The second-order valence-electron chi connectivity index (χ2n) is 4.51. The number of nitriles is 2. The van der Waals surface area contributed by atoms with E-state index in [1.807, 2.05) is 6.07 Å². The van der Waals surface area contributed by atoms with Crippen molar-refractivity contribution < 1.29 is 4.39 Å². The average Bonchev–Trinajstić information content (AvgIpc) is 2.93. The van der Waals surface area contributed by atoms with E-state index in [0.29, 0.717) is 15.6 Å². The van der Waals surface area contributed by atoms with Crippen LogP contribution in [-0.2, 0) is 0 Å². The van der Waals surface area contributed by atoms with Gasteiger partial charge in [-0.25, -0.2) is 4.39 Å². The van der Waals surface area contributed by atoms with E-state index < -0.39 is 11.4 Å². The summed E-state index contributed by atoms with van der Waals surface area (Å²) in [7, 11) is 0. The minimum Gasteiger partial charge on any atom is -0.384 e. The number of nitrogens with two attached hydrogens (primary N) is 1. The van der Waals surface area contributed by atoms with Gasteiger partial charge in [0.15, 0.2) is 0 Å². The van der Waals surface area contributed by atoms with Gasteiger partial charge in [-0.3, -0.25) is 4.79 Å². The normalized spacial score (nSPS) is 10.3. The van der Waals surface area contributed by atoms with Crippen molar-refractivity contribution >= 4 is 27.2 Å². The number of halogens is 1. The van der Waals surface area contributed by atoms with E-state index in [1.165, 1.54) is 23.5 Å². The molecule has 0 atom stereocenters. The highest BCUT2D eigenvalue weighted by Crippen LogP contribution is 2.37. The highest BCUT2D eigenvalue weighted by Gasteiger charge is 2.21. The number of fused-ring (bicyclic) bond motifs is 1. The zero-order chi connectivity index (χ0) is 15.9. The molecule has 5 nitrogen and oxygen atoms in total.